The molecule has 1 aromatic heterocycles. The molecule has 1 saturated carbocycles. The fourth-order valence-corrected chi connectivity index (χ4v) is 4.05. The maximum atomic E-state index is 12.4. The van der Waals surface area contributed by atoms with Gasteiger partial charge in [0, 0.05) is 30.6 Å². The maximum Gasteiger partial charge on any atom is 0.240 e. The molecule has 138 valence electrons. The van der Waals surface area contributed by atoms with Crippen LogP contribution in [-0.2, 0) is 11.3 Å². The molecule has 2 aromatic rings. The number of hydrogen-bond acceptors (Lipinski definition) is 5. The predicted octanol–water partition coefficient (Wildman–Crippen LogP) is 3.15. The number of carbonyl (C=O) groups is 1. The van der Waals surface area contributed by atoms with Gasteiger partial charge in [-0.25, -0.2) is 0 Å². The lowest BCUT2D eigenvalue weighted by atomic mass is 10.1. The van der Waals surface area contributed by atoms with Crippen molar-refractivity contribution < 1.29 is 9.32 Å². The number of likely N-dealkylation sites (tertiary alicyclic amines) is 1. The van der Waals surface area contributed by atoms with Crippen LogP contribution in [0.3, 0.4) is 0 Å². The van der Waals surface area contributed by atoms with Crippen molar-refractivity contribution in [1.29, 1.82) is 0 Å². The van der Waals surface area contributed by atoms with Gasteiger partial charge in [0.2, 0.25) is 17.6 Å². The van der Waals surface area contributed by atoms with Crippen molar-refractivity contribution in [3.8, 4) is 11.4 Å². The molecule has 0 spiro atoms. The molecule has 1 aromatic carbocycles. The van der Waals surface area contributed by atoms with Crippen molar-refractivity contribution in [2.45, 2.75) is 63.6 Å². The van der Waals surface area contributed by atoms with E-state index in [1.54, 1.807) is 0 Å². The third-order valence-electron chi connectivity index (χ3n) is 5.47. The molecule has 1 aliphatic heterocycles. The van der Waals surface area contributed by atoms with Crippen molar-refractivity contribution >= 4 is 5.91 Å². The van der Waals surface area contributed by atoms with Crippen LogP contribution in [0.25, 0.3) is 11.4 Å². The zero-order valence-electron chi connectivity index (χ0n) is 15.1. The quantitative estimate of drug-likeness (QED) is 0.835. The van der Waals surface area contributed by atoms with Crippen LogP contribution >= 0.6 is 0 Å². The molecule has 2 heterocycles. The molecule has 26 heavy (non-hydrogen) atoms. The van der Waals surface area contributed by atoms with Gasteiger partial charge < -0.3 is 14.7 Å². The van der Waals surface area contributed by atoms with Crippen LogP contribution in [0.4, 0.5) is 0 Å². The van der Waals surface area contributed by atoms with E-state index in [1.807, 2.05) is 30.3 Å². The van der Waals surface area contributed by atoms with Gasteiger partial charge in [-0.2, -0.15) is 4.98 Å². The molecule has 2 aliphatic rings. The molecule has 1 saturated heterocycles. The lowest BCUT2D eigenvalue weighted by Crippen LogP contribution is -2.38. The molecule has 0 unspecified atom stereocenters. The summed E-state index contributed by atoms with van der Waals surface area (Å²) in [6.45, 7) is 1.29. The molecule has 4 rings (SSSR count). The minimum absolute atomic E-state index is 0.165. The van der Waals surface area contributed by atoms with Crippen LogP contribution in [0.1, 0.15) is 50.8 Å². The monoisotopic (exact) mass is 354 g/mol. The van der Waals surface area contributed by atoms with E-state index in [9.17, 15) is 4.79 Å². The minimum atomic E-state index is 0.165. The van der Waals surface area contributed by atoms with Crippen molar-refractivity contribution in [1.82, 2.24) is 20.4 Å². The summed E-state index contributed by atoms with van der Waals surface area (Å²) in [4.78, 5) is 19.0. The first-order chi connectivity index (χ1) is 12.8. The second-order valence-corrected chi connectivity index (χ2v) is 7.35. The molecule has 1 amide bonds. The van der Waals surface area contributed by atoms with Crippen LogP contribution in [0.15, 0.2) is 34.9 Å². The Labute approximate surface area is 154 Å². The summed E-state index contributed by atoms with van der Waals surface area (Å²) >= 11 is 0. The molecule has 2 fully saturated rings. The number of amides is 1. The van der Waals surface area contributed by atoms with E-state index in [0.29, 0.717) is 30.7 Å². The SMILES string of the molecule is O=C1C[C@@H](NCc2nc(-c3ccccc3)no2)CN1C1CCCCCC1. The van der Waals surface area contributed by atoms with Crippen molar-refractivity contribution in [2.75, 3.05) is 6.54 Å². The number of aromatic nitrogens is 2. The average molecular weight is 354 g/mol. The largest absolute Gasteiger partial charge is 0.338 e. The highest BCUT2D eigenvalue weighted by molar-refractivity contribution is 5.79. The third kappa shape index (κ3) is 3.96. The third-order valence-corrected chi connectivity index (χ3v) is 5.47. The van der Waals surface area contributed by atoms with E-state index in [0.717, 1.165) is 24.9 Å². The molecule has 6 heteroatoms. The molecule has 1 aliphatic carbocycles. The first-order valence-electron chi connectivity index (χ1n) is 9.70. The fourth-order valence-electron chi connectivity index (χ4n) is 4.05. The highest BCUT2D eigenvalue weighted by Crippen LogP contribution is 2.26. The lowest BCUT2D eigenvalue weighted by Gasteiger charge is -2.27. The fraction of sp³-hybridized carbons (Fsp3) is 0.550. The van der Waals surface area contributed by atoms with Gasteiger partial charge in [-0.3, -0.25) is 4.79 Å². The van der Waals surface area contributed by atoms with Crippen LogP contribution in [0.2, 0.25) is 0 Å². The average Bonchev–Trinajstić information content (AvgIpc) is 3.19. The smallest absolute Gasteiger partial charge is 0.240 e. The van der Waals surface area contributed by atoms with Crippen molar-refractivity contribution in [3.63, 3.8) is 0 Å². The molecule has 6 nitrogen and oxygen atoms in total. The molecular formula is C20H26N4O2. The highest BCUT2D eigenvalue weighted by atomic mass is 16.5. The van der Waals surface area contributed by atoms with Gasteiger partial charge >= 0.3 is 0 Å². The van der Waals surface area contributed by atoms with Gasteiger partial charge in [0.05, 0.1) is 6.54 Å². The van der Waals surface area contributed by atoms with Gasteiger partial charge in [-0.1, -0.05) is 61.2 Å². The topological polar surface area (TPSA) is 71.3 Å². The van der Waals surface area contributed by atoms with Crippen LogP contribution < -0.4 is 5.32 Å². The summed E-state index contributed by atoms with van der Waals surface area (Å²) in [5, 5.41) is 7.46. The van der Waals surface area contributed by atoms with Gasteiger partial charge in [0.25, 0.3) is 0 Å². The number of nitrogens with zero attached hydrogens (tertiary/aromatic N) is 3. The summed E-state index contributed by atoms with van der Waals surface area (Å²) in [5.41, 5.74) is 0.943. The first kappa shape index (κ1) is 17.2. The highest BCUT2D eigenvalue weighted by Gasteiger charge is 2.34. The van der Waals surface area contributed by atoms with E-state index in [-0.39, 0.29) is 11.9 Å². The number of benzene rings is 1. The van der Waals surface area contributed by atoms with Crippen LogP contribution in [0, 0.1) is 0 Å². The summed E-state index contributed by atoms with van der Waals surface area (Å²) in [6.07, 6.45) is 7.98. The van der Waals surface area contributed by atoms with E-state index >= 15 is 0 Å². The Hall–Kier alpha value is -2.21. The predicted molar refractivity (Wildman–Crippen MR) is 98.2 cm³/mol. The van der Waals surface area contributed by atoms with Gasteiger partial charge in [-0.15, -0.1) is 0 Å². The summed E-state index contributed by atoms with van der Waals surface area (Å²) < 4.78 is 5.34. The van der Waals surface area contributed by atoms with Gasteiger partial charge in [-0.05, 0) is 12.8 Å². The van der Waals surface area contributed by atoms with Gasteiger partial charge in [0.1, 0.15) is 0 Å². The van der Waals surface area contributed by atoms with E-state index in [4.69, 9.17) is 4.52 Å². The first-order valence-corrected chi connectivity index (χ1v) is 9.70. The molecule has 1 atom stereocenters. The number of hydrogen-bond donors (Lipinski definition) is 1. The second kappa shape index (κ2) is 7.99. The lowest BCUT2D eigenvalue weighted by molar-refractivity contribution is -0.129. The minimum Gasteiger partial charge on any atom is -0.338 e. The number of nitrogens with one attached hydrogen (secondary N) is 1. The molecule has 1 N–H and O–H groups in total. The Bertz CT molecular complexity index is 722. The molecular weight excluding hydrogens is 328 g/mol. The Kier molecular flexibility index (Phi) is 5.29. The van der Waals surface area contributed by atoms with Crippen molar-refractivity contribution in [2.24, 2.45) is 0 Å². The Balaban J connectivity index is 1.31. The van der Waals surface area contributed by atoms with Gasteiger partial charge in [0.15, 0.2) is 0 Å². The Morgan fingerprint density at radius 3 is 2.65 bits per heavy atom. The maximum absolute atomic E-state index is 12.4. The Morgan fingerprint density at radius 2 is 1.88 bits per heavy atom. The van der Waals surface area contributed by atoms with Crippen LogP contribution in [0.5, 0.6) is 0 Å². The number of carbonyl (C=O) groups excluding carboxylic acids is 1. The van der Waals surface area contributed by atoms with Crippen molar-refractivity contribution in [3.05, 3.63) is 36.2 Å². The standard InChI is InChI=1S/C20H26N4O2/c25-19-12-16(14-24(19)17-10-6-1-2-7-11-17)21-13-18-22-20(23-26-18)15-8-4-3-5-9-15/h3-5,8-9,16-17,21H,1-2,6-7,10-14H2/t16-/m1/s1. The normalized spacial score (nSPS) is 21.9. The number of rotatable bonds is 5. The van der Waals surface area contributed by atoms with Crippen LogP contribution in [-0.4, -0.2) is 39.6 Å². The molecule has 0 radical (unpaired) electrons. The molecule has 0 bridgehead atoms. The summed E-state index contributed by atoms with van der Waals surface area (Å²) in [7, 11) is 0. The Morgan fingerprint density at radius 1 is 1.12 bits per heavy atom. The summed E-state index contributed by atoms with van der Waals surface area (Å²) in [5.74, 6) is 1.44. The van der Waals surface area contributed by atoms with E-state index < -0.39 is 0 Å². The summed E-state index contributed by atoms with van der Waals surface area (Å²) in [6, 6.07) is 10.4. The van der Waals surface area contributed by atoms with E-state index in [2.05, 4.69) is 20.4 Å². The van der Waals surface area contributed by atoms with E-state index in [1.165, 1.54) is 25.7 Å². The zero-order chi connectivity index (χ0) is 17.8. The second-order valence-electron chi connectivity index (χ2n) is 7.35. The zero-order valence-corrected chi connectivity index (χ0v) is 15.1.